The number of ether oxygens (including phenoxy) is 1. The molecular formula is C16H22N2O3. The van der Waals surface area contributed by atoms with Gasteiger partial charge in [-0.1, -0.05) is 12.1 Å². The Bertz CT molecular complexity index is 491. The molecule has 0 atom stereocenters. The Morgan fingerprint density at radius 1 is 1.24 bits per heavy atom. The minimum Gasteiger partial charge on any atom is -0.497 e. The van der Waals surface area contributed by atoms with Gasteiger partial charge in [-0.05, 0) is 30.5 Å². The fourth-order valence-electron chi connectivity index (χ4n) is 2.55. The van der Waals surface area contributed by atoms with Gasteiger partial charge < -0.3 is 15.0 Å². The van der Waals surface area contributed by atoms with Crippen molar-refractivity contribution in [3.8, 4) is 5.75 Å². The van der Waals surface area contributed by atoms with Crippen LogP contribution in [0.25, 0.3) is 0 Å². The summed E-state index contributed by atoms with van der Waals surface area (Å²) in [7, 11) is 1.62. The molecule has 0 aliphatic carbocycles. The molecule has 5 nitrogen and oxygen atoms in total. The van der Waals surface area contributed by atoms with Crippen molar-refractivity contribution in [1.82, 2.24) is 10.2 Å². The number of hydrogen-bond donors (Lipinski definition) is 1. The quantitative estimate of drug-likeness (QED) is 0.911. The molecule has 0 spiro atoms. The average Bonchev–Trinajstić information content (AvgIpc) is 2.48. The summed E-state index contributed by atoms with van der Waals surface area (Å²) >= 11 is 0. The molecule has 1 aliphatic heterocycles. The molecule has 1 heterocycles. The van der Waals surface area contributed by atoms with Crippen molar-refractivity contribution in [3.05, 3.63) is 29.8 Å². The van der Waals surface area contributed by atoms with Crippen LogP contribution in [0.4, 0.5) is 0 Å². The van der Waals surface area contributed by atoms with Crippen LogP contribution < -0.4 is 10.1 Å². The van der Waals surface area contributed by atoms with Gasteiger partial charge in [-0.3, -0.25) is 9.59 Å². The molecule has 2 amide bonds. The first kappa shape index (κ1) is 15.4. The van der Waals surface area contributed by atoms with Crippen molar-refractivity contribution >= 4 is 11.8 Å². The molecule has 1 N–H and O–H groups in total. The van der Waals surface area contributed by atoms with Crippen molar-refractivity contribution in [2.75, 3.05) is 20.2 Å². The number of carbonyl (C=O) groups is 2. The predicted octanol–water partition coefficient (Wildman–Crippen LogP) is 1.36. The van der Waals surface area contributed by atoms with Crippen molar-refractivity contribution in [2.24, 2.45) is 0 Å². The third-order valence-corrected chi connectivity index (χ3v) is 3.83. The van der Waals surface area contributed by atoms with E-state index in [2.05, 4.69) is 5.32 Å². The Kier molecular flexibility index (Phi) is 5.20. The van der Waals surface area contributed by atoms with E-state index in [0.717, 1.165) is 37.2 Å². The van der Waals surface area contributed by atoms with Gasteiger partial charge in [0.05, 0.1) is 13.5 Å². The molecule has 1 aliphatic rings. The maximum absolute atomic E-state index is 12.0. The molecule has 0 aromatic heterocycles. The number of carbonyl (C=O) groups excluding carboxylic acids is 2. The number of rotatable bonds is 4. The molecule has 2 rings (SSSR count). The molecule has 1 aromatic rings. The van der Waals surface area contributed by atoms with Crippen LogP contribution in [0.2, 0.25) is 0 Å². The molecule has 0 saturated carbocycles. The lowest BCUT2D eigenvalue weighted by Gasteiger charge is -2.31. The first-order valence-corrected chi connectivity index (χ1v) is 7.26. The summed E-state index contributed by atoms with van der Waals surface area (Å²) in [4.78, 5) is 25.1. The summed E-state index contributed by atoms with van der Waals surface area (Å²) in [5, 5.41) is 3.05. The Labute approximate surface area is 125 Å². The molecule has 21 heavy (non-hydrogen) atoms. The number of nitrogens with zero attached hydrogens (tertiary/aromatic N) is 1. The maximum atomic E-state index is 12.0. The number of hydrogen-bond acceptors (Lipinski definition) is 3. The molecule has 114 valence electrons. The second kappa shape index (κ2) is 7.11. The minimum absolute atomic E-state index is 0.0291. The van der Waals surface area contributed by atoms with E-state index in [-0.39, 0.29) is 17.9 Å². The van der Waals surface area contributed by atoms with Crippen molar-refractivity contribution < 1.29 is 14.3 Å². The molecule has 1 saturated heterocycles. The smallest absolute Gasteiger partial charge is 0.224 e. The number of likely N-dealkylation sites (tertiary alicyclic amines) is 1. The summed E-state index contributed by atoms with van der Waals surface area (Å²) in [6, 6.07) is 7.68. The fraction of sp³-hybridized carbons (Fsp3) is 0.500. The number of piperidine rings is 1. The van der Waals surface area contributed by atoms with E-state index in [1.807, 2.05) is 29.2 Å². The second-order valence-corrected chi connectivity index (χ2v) is 5.37. The topological polar surface area (TPSA) is 58.6 Å². The lowest BCUT2D eigenvalue weighted by Crippen LogP contribution is -2.46. The van der Waals surface area contributed by atoms with E-state index in [4.69, 9.17) is 4.74 Å². The van der Waals surface area contributed by atoms with Crippen molar-refractivity contribution in [2.45, 2.75) is 32.2 Å². The van der Waals surface area contributed by atoms with Gasteiger partial charge in [0, 0.05) is 26.1 Å². The summed E-state index contributed by atoms with van der Waals surface area (Å²) in [6.07, 6.45) is 2.03. The molecule has 1 aromatic carbocycles. The van der Waals surface area contributed by atoms with Gasteiger partial charge in [0.2, 0.25) is 11.8 Å². The minimum atomic E-state index is 0.0291. The Balaban J connectivity index is 1.78. The van der Waals surface area contributed by atoms with Gasteiger partial charge in [0.15, 0.2) is 0 Å². The first-order valence-electron chi connectivity index (χ1n) is 7.26. The third kappa shape index (κ3) is 4.48. The zero-order valence-corrected chi connectivity index (χ0v) is 12.6. The van der Waals surface area contributed by atoms with Gasteiger partial charge in [-0.15, -0.1) is 0 Å². The Hall–Kier alpha value is -2.04. The zero-order valence-electron chi connectivity index (χ0n) is 12.6. The summed E-state index contributed by atoms with van der Waals surface area (Å²) in [5.74, 6) is 0.926. The van der Waals surface area contributed by atoms with E-state index in [0.29, 0.717) is 6.42 Å². The van der Waals surface area contributed by atoms with Crippen molar-refractivity contribution in [1.29, 1.82) is 0 Å². The highest BCUT2D eigenvalue weighted by Gasteiger charge is 2.21. The van der Waals surface area contributed by atoms with Crippen LogP contribution in [0.15, 0.2) is 24.3 Å². The van der Waals surface area contributed by atoms with E-state index >= 15 is 0 Å². The van der Waals surface area contributed by atoms with Crippen LogP contribution in [0.3, 0.4) is 0 Å². The van der Waals surface area contributed by atoms with E-state index in [9.17, 15) is 9.59 Å². The Morgan fingerprint density at radius 2 is 1.86 bits per heavy atom. The SMILES string of the molecule is COc1ccc(CC(=O)NC2CCN(C(C)=O)CC2)cc1. The number of benzene rings is 1. The van der Waals surface area contributed by atoms with E-state index in [1.165, 1.54) is 0 Å². The molecule has 1 fully saturated rings. The zero-order chi connectivity index (χ0) is 15.2. The molecule has 0 bridgehead atoms. The lowest BCUT2D eigenvalue weighted by molar-refractivity contribution is -0.130. The van der Waals surface area contributed by atoms with Crippen molar-refractivity contribution in [3.63, 3.8) is 0 Å². The lowest BCUT2D eigenvalue weighted by atomic mass is 10.0. The van der Waals surface area contributed by atoms with Crippen LogP contribution in [-0.4, -0.2) is 43.0 Å². The molecular weight excluding hydrogens is 268 g/mol. The predicted molar refractivity (Wildman–Crippen MR) is 80.1 cm³/mol. The monoisotopic (exact) mass is 290 g/mol. The van der Waals surface area contributed by atoms with Gasteiger partial charge in [0.1, 0.15) is 5.75 Å². The largest absolute Gasteiger partial charge is 0.497 e. The van der Waals surface area contributed by atoms with Crippen LogP contribution in [0.1, 0.15) is 25.3 Å². The van der Waals surface area contributed by atoms with Crippen LogP contribution in [0.5, 0.6) is 5.75 Å². The molecule has 0 radical (unpaired) electrons. The van der Waals surface area contributed by atoms with Crippen LogP contribution >= 0.6 is 0 Å². The summed E-state index contributed by atoms with van der Waals surface area (Å²) in [6.45, 7) is 3.04. The standard InChI is InChI=1S/C16H22N2O3/c1-12(19)18-9-7-14(8-10-18)17-16(20)11-13-3-5-15(21-2)6-4-13/h3-6,14H,7-11H2,1-2H3,(H,17,20). The maximum Gasteiger partial charge on any atom is 0.224 e. The third-order valence-electron chi connectivity index (χ3n) is 3.83. The van der Waals surface area contributed by atoms with Gasteiger partial charge >= 0.3 is 0 Å². The highest BCUT2D eigenvalue weighted by Crippen LogP contribution is 2.13. The Morgan fingerprint density at radius 3 is 2.38 bits per heavy atom. The highest BCUT2D eigenvalue weighted by molar-refractivity contribution is 5.79. The van der Waals surface area contributed by atoms with Crippen LogP contribution in [0, 0.1) is 0 Å². The van der Waals surface area contributed by atoms with Gasteiger partial charge in [-0.2, -0.15) is 0 Å². The summed E-state index contributed by atoms with van der Waals surface area (Å²) < 4.78 is 5.09. The summed E-state index contributed by atoms with van der Waals surface area (Å²) in [5.41, 5.74) is 0.967. The first-order chi connectivity index (χ1) is 10.1. The number of nitrogens with one attached hydrogen (secondary N) is 1. The average molecular weight is 290 g/mol. The number of amides is 2. The second-order valence-electron chi connectivity index (χ2n) is 5.37. The highest BCUT2D eigenvalue weighted by atomic mass is 16.5. The van der Waals surface area contributed by atoms with E-state index in [1.54, 1.807) is 14.0 Å². The van der Waals surface area contributed by atoms with Crippen LogP contribution in [-0.2, 0) is 16.0 Å². The van der Waals surface area contributed by atoms with Gasteiger partial charge in [-0.25, -0.2) is 0 Å². The van der Waals surface area contributed by atoms with E-state index < -0.39 is 0 Å². The molecule has 0 unspecified atom stereocenters. The fourth-order valence-corrected chi connectivity index (χ4v) is 2.55. The van der Waals surface area contributed by atoms with Gasteiger partial charge in [0.25, 0.3) is 0 Å². The molecule has 5 heteroatoms. The normalized spacial score (nSPS) is 15.6. The number of methoxy groups -OCH3 is 1.